The average molecular weight is 601 g/mol. The number of benzene rings is 2. The Labute approximate surface area is 251 Å². The van der Waals surface area contributed by atoms with Crippen LogP contribution in [0.3, 0.4) is 0 Å². The number of rotatable bonds is 8. The van der Waals surface area contributed by atoms with E-state index in [9.17, 15) is 14.7 Å². The molecule has 0 saturated carbocycles. The van der Waals surface area contributed by atoms with Crippen LogP contribution in [0.15, 0.2) is 71.7 Å². The van der Waals surface area contributed by atoms with Gasteiger partial charge in [-0.15, -0.1) is 0 Å². The smallest absolute Gasteiger partial charge is 0.335 e. The third-order valence-corrected chi connectivity index (χ3v) is 8.03. The van der Waals surface area contributed by atoms with E-state index in [1.807, 2.05) is 18.4 Å². The normalized spacial score (nSPS) is 16.0. The highest BCUT2D eigenvalue weighted by Gasteiger charge is 2.39. The second-order valence-corrected chi connectivity index (χ2v) is 11.6. The Balaban J connectivity index is 1.32. The molecule has 0 radical (unpaired) electrons. The number of hydrogen-bond donors (Lipinski definition) is 1. The topological polar surface area (TPSA) is 108 Å². The van der Waals surface area contributed by atoms with Crippen LogP contribution >= 0.6 is 0 Å². The van der Waals surface area contributed by atoms with Crippen molar-refractivity contribution in [2.75, 3.05) is 13.2 Å². The fraction of sp³-hybridized carbons (Fsp3) is 0.273. The number of ether oxygens (including phenoxy) is 2. The lowest BCUT2D eigenvalue weighted by Crippen LogP contribution is -2.27. The summed E-state index contributed by atoms with van der Waals surface area (Å²) in [5.74, 6) is -1.76. The summed E-state index contributed by atoms with van der Waals surface area (Å²) >= 11 is 0. The van der Waals surface area contributed by atoms with Crippen molar-refractivity contribution < 1.29 is 28.2 Å². The number of aromatic nitrogens is 4. The summed E-state index contributed by atoms with van der Waals surface area (Å²) in [4.78, 5) is 33.0. The Hall–Kier alpha value is -4.90. The molecular formula is C33H30F2N4O5. The molecule has 1 atom stereocenters. The lowest BCUT2D eigenvalue weighted by molar-refractivity contribution is 0.0697. The summed E-state index contributed by atoms with van der Waals surface area (Å²) in [6, 6.07) is 14.8. The van der Waals surface area contributed by atoms with Gasteiger partial charge in [0.2, 0.25) is 5.88 Å². The second-order valence-electron chi connectivity index (χ2n) is 11.6. The first-order valence-electron chi connectivity index (χ1n) is 14.1. The largest absolute Gasteiger partial charge is 0.478 e. The molecule has 11 heteroatoms. The first-order valence-corrected chi connectivity index (χ1v) is 14.1. The highest BCUT2D eigenvalue weighted by molar-refractivity contribution is 5.92. The molecule has 3 aromatic heterocycles. The van der Waals surface area contributed by atoms with Crippen LogP contribution in [0.2, 0.25) is 0 Å². The van der Waals surface area contributed by atoms with Crippen LogP contribution in [-0.2, 0) is 24.8 Å². The van der Waals surface area contributed by atoms with Crippen LogP contribution < -0.4 is 10.3 Å². The molecule has 0 bridgehead atoms. The summed E-state index contributed by atoms with van der Waals surface area (Å²) < 4.78 is 46.0. The summed E-state index contributed by atoms with van der Waals surface area (Å²) in [6.45, 7) is 4.92. The fourth-order valence-electron chi connectivity index (χ4n) is 5.58. The van der Waals surface area contributed by atoms with Gasteiger partial charge in [-0.05, 0) is 54.1 Å². The molecule has 0 unspecified atom stereocenters. The maximum Gasteiger partial charge on any atom is 0.335 e. The van der Waals surface area contributed by atoms with Gasteiger partial charge in [-0.1, -0.05) is 19.9 Å². The van der Waals surface area contributed by atoms with Gasteiger partial charge < -0.3 is 23.7 Å². The van der Waals surface area contributed by atoms with E-state index in [0.29, 0.717) is 35.6 Å². The monoisotopic (exact) mass is 600 g/mol. The molecule has 2 aromatic carbocycles. The molecule has 0 amide bonds. The quantitative estimate of drug-likeness (QED) is 0.249. The highest BCUT2D eigenvalue weighted by Crippen LogP contribution is 2.40. The second kappa shape index (κ2) is 11.3. The zero-order chi connectivity index (χ0) is 31.2. The predicted molar refractivity (Wildman–Crippen MR) is 159 cm³/mol. The van der Waals surface area contributed by atoms with Crippen molar-refractivity contribution in [3.05, 3.63) is 111 Å². The van der Waals surface area contributed by atoms with Crippen molar-refractivity contribution in [1.82, 2.24) is 19.1 Å². The maximum absolute atomic E-state index is 15.6. The van der Waals surface area contributed by atoms with Gasteiger partial charge in [-0.25, -0.2) is 23.5 Å². The van der Waals surface area contributed by atoms with Crippen LogP contribution in [0.1, 0.15) is 47.2 Å². The molecule has 0 aliphatic carbocycles. The molecule has 1 N–H and O–H groups in total. The Kier molecular flexibility index (Phi) is 7.50. The molecule has 9 nitrogen and oxygen atoms in total. The number of aryl methyl sites for hydroxylation is 1. The predicted octanol–water partition coefficient (Wildman–Crippen LogP) is 5.54. The first-order chi connectivity index (χ1) is 21.0. The van der Waals surface area contributed by atoms with Crippen molar-refractivity contribution in [2.24, 2.45) is 12.5 Å². The number of fused-ring (bicyclic) bond motifs is 1. The van der Waals surface area contributed by atoms with Crippen molar-refractivity contribution in [2.45, 2.75) is 32.9 Å². The fourth-order valence-corrected chi connectivity index (χ4v) is 5.58. The van der Waals surface area contributed by atoms with Crippen LogP contribution in [0.25, 0.3) is 22.3 Å². The Morgan fingerprint density at radius 1 is 1.07 bits per heavy atom. The van der Waals surface area contributed by atoms with Gasteiger partial charge in [-0.2, -0.15) is 0 Å². The SMILES string of the molecule is Cn1cccc(COc2cccc(-c3cc(F)c(Cc4nc5ccc(C(=O)O)cc5n4[C@@H]4COCC4(C)C)cc3F)n2)c1=O. The minimum atomic E-state index is -1.07. The van der Waals surface area contributed by atoms with Crippen LogP contribution in [0.4, 0.5) is 8.78 Å². The van der Waals surface area contributed by atoms with Crippen molar-refractivity contribution in [3.63, 3.8) is 0 Å². The van der Waals surface area contributed by atoms with E-state index in [1.165, 1.54) is 10.6 Å². The van der Waals surface area contributed by atoms with E-state index in [4.69, 9.17) is 14.5 Å². The number of imidazole rings is 1. The molecule has 1 fully saturated rings. The van der Waals surface area contributed by atoms with Gasteiger partial charge in [0.1, 0.15) is 24.1 Å². The number of aromatic carboxylic acids is 1. The van der Waals surface area contributed by atoms with Crippen LogP contribution in [0.5, 0.6) is 5.88 Å². The van der Waals surface area contributed by atoms with Gasteiger partial charge in [0, 0.05) is 36.7 Å². The van der Waals surface area contributed by atoms with E-state index in [1.54, 1.807) is 55.7 Å². The van der Waals surface area contributed by atoms with Crippen molar-refractivity contribution in [3.8, 4) is 17.1 Å². The first kappa shape index (κ1) is 29.2. The molecule has 1 aliphatic rings. The summed E-state index contributed by atoms with van der Waals surface area (Å²) in [5, 5.41) is 9.58. The molecule has 5 aromatic rings. The Morgan fingerprint density at radius 2 is 1.89 bits per heavy atom. The summed E-state index contributed by atoms with van der Waals surface area (Å²) in [5.41, 5.74) is 1.39. The van der Waals surface area contributed by atoms with Crippen molar-refractivity contribution in [1.29, 1.82) is 0 Å². The van der Waals surface area contributed by atoms with Gasteiger partial charge >= 0.3 is 5.97 Å². The maximum atomic E-state index is 15.6. The average Bonchev–Trinajstić information content (AvgIpc) is 3.52. The molecule has 1 aliphatic heterocycles. The standard InChI is InChI=1S/C33H30F2N4O5/c1-33(2)18-43-17-28(33)39-27-13-19(32(41)42)9-10-26(27)36-29(39)14-21-12-24(35)22(15-23(21)34)25-7-4-8-30(37-25)44-16-20-6-5-11-38(3)31(20)40/h4-13,15,28H,14,16-18H2,1-3H3,(H,41,42)/t28-/m1/s1. The lowest BCUT2D eigenvalue weighted by atomic mass is 9.87. The van der Waals surface area contributed by atoms with E-state index in [0.717, 1.165) is 12.1 Å². The highest BCUT2D eigenvalue weighted by atomic mass is 19.1. The van der Waals surface area contributed by atoms with Gasteiger partial charge in [0.05, 0.1) is 47.1 Å². The van der Waals surface area contributed by atoms with Gasteiger partial charge in [-0.3, -0.25) is 4.79 Å². The van der Waals surface area contributed by atoms with Crippen LogP contribution in [0, 0.1) is 17.0 Å². The number of carboxylic acid groups (broad SMARTS) is 1. The number of nitrogens with zero attached hydrogens (tertiary/aromatic N) is 4. The van der Waals surface area contributed by atoms with Gasteiger partial charge in [0.15, 0.2) is 0 Å². The van der Waals surface area contributed by atoms with E-state index >= 15 is 8.78 Å². The zero-order valence-corrected chi connectivity index (χ0v) is 24.4. The lowest BCUT2D eigenvalue weighted by Gasteiger charge is -2.28. The number of halogens is 2. The molecule has 0 spiro atoms. The number of carbonyl (C=O) groups is 1. The molecular weight excluding hydrogens is 570 g/mol. The van der Waals surface area contributed by atoms with Crippen LogP contribution in [-0.4, -0.2) is 43.4 Å². The van der Waals surface area contributed by atoms with E-state index in [2.05, 4.69) is 4.98 Å². The minimum absolute atomic E-state index is 0.0302. The molecule has 44 heavy (non-hydrogen) atoms. The molecule has 6 rings (SSSR count). The Bertz CT molecular complexity index is 1970. The Morgan fingerprint density at radius 3 is 2.64 bits per heavy atom. The van der Waals surface area contributed by atoms with E-state index in [-0.39, 0.29) is 58.3 Å². The van der Waals surface area contributed by atoms with Crippen molar-refractivity contribution >= 4 is 17.0 Å². The zero-order valence-electron chi connectivity index (χ0n) is 24.4. The number of pyridine rings is 2. The molecule has 226 valence electrons. The summed E-state index contributed by atoms with van der Waals surface area (Å²) in [7, 11) is 1.64. The van der Waals surface area contributed by atoms with E-state index < -0.39 is 17.6 Å². The third-order valence-electron chi connectivity index (χ3n) is 8.03. The molecule has 4 heterocycles. The molecule has 1 saturated heterocycles. The number of carboxylic acids is 1. The van der Waals surface area contributed by atoms with Gasteiger partial charge in [0.25, 0.3) is 5.56 Å². The number of hydrogen-bond acceptors (Lipinski definition) is 6. The summed E-state index contributed by atoms with van der Waals surface area (Å²) in [6.07, 6.45) is 1.61. The minimum Gasteiger partial charge on any atom is -0.478 e. The third kappa shape index (κ3) is 5.46.